The minimum atomic E-state index is -0.270. The molecule has 3 rings (SSSR count). The van der Waals surface area contributed by atoms with Gasteiger partial charge in [-0.1, -0.05) is 20.8 Å². The zero-order valence-corrected chi connectivity index (χ0v) is 16.0. The first-order valence-corrected chi connectivity index (χ1v) is 9.03. The Morgan fingerprint density at radius 3 is 2.48 bits per heavy atom. The Morgan fingerprint density at radius 1 is 1.28 bits per heavy atom. The van der Waals surface area contributed by atoms with E-state index in [1.54, 1.807) is 12.1 Å². The van der Waals surface area contributed by atoms with Crippen LogP contribution in [0.2, 0.25) is 0 Å². The average molecular weight is 361 g/mol. The zero-order chi connectivity index (χ0) is 18.2. The van der Waals surface area contributed by atoms with Crippen LogP contribution in [0.5, 0.6) is 0 Å². The van der Waals surface area contributed by atoms with Gasteiger partial charge >= 0.3 is 0 Å². The molecule has 1 fully saturated rings. The molecule has 1 N–H and O–H groups in total. The standard InChI is InChI=1S/C19H25FN4S/c1-19(2,3)16-11-17(24(23(16)4)12-13-5-6-13)22-18(25)21-15-9-7-14(20)8-10-15/h7-11,13H,5-6,12H2,1-4H3,(H,21,25). The second-order valence-corrected chi connectivity index (χ2v) is 8.12. The van der Waals surface area contributed by atoms with Gasteiger partial charge < -0.3 is 5.32 Å². The molecule has 1 heterocycles. The topological polar surface area (TPSA) is 34.2 Å². The summed E-state index contributed by atoms with van der Waals surface area (Å²) in [6, 6.07) is 8.22. The maximum Gasteiger partial charge on any atom is 0.199 e. The molecule has 0 amide bonds. The van der Waals surface area contributed by atoms with Gasteiger partial charge in [0.25, 0.3) is 0 Å². The smallest absolute Gasteiger partial charge is 0.199 e. The highest BCUT2D eigenvalue weighted by atomic mass is 32.1. The number of aromatic nitrogens is 2. The van der Waals surface area contributed by atoms with E-state index in [0.717, 1.165) is 23.6 Å². The fourth-order valence-electron chi connectivity index (χ4n) is 2.92. The lowest BCUT2D eigenvalue weighted by Crippen LogP contribution is -2.26. The van der Waals surface area contributed by atoms with Crippen LogP contribution in [0, 0.1) is 11.7 Å². The largest absolute Gasteiger partial charge is 0.331 e. The number of thiocarbonyl (C=S) groups is 1. The Balaban J connectivity index is 1.92. The van der Waals surface area contributed by atoms with Gasteiger partial charge in [-0.3, -0.25) is 9.36 Å². The number of halogens is 1. The van der Waals surface area contributed by atoms with Crippen LogP contribution >= 0.6 is 12.2 Å². The normalized spacial score (nSPS) is 15.5. The lowest BCUT2D eigenvalue weighted by atomic mass is 9.92. The van der Waals surface area contributed by atoms with Gasteiger partial charge in [0.05, 0.1) is 0 Å². The first kappa shape index (κ1) is 17.9. The molecule has 0 radical (unpaired) electrons. The zero-order valence-electron chi connectivity index (χ0n) is 15.2. The van der Waals surface area contributed by atoms with E-state index in [9.17, 15) is 4.39 Å². The van der Waals surface area contributed by atoms with Crippen LogP contribution in [0.3, 0.4) is 0 Å². The van der Waals surface area contributed by atoms with Crippen molar-refractivity contribution in [3.63, 3.8) is 0 Å². The first-order valence-electron chi connectivity index (χ1n) is 8.62. The summed E-state index contributed by atoms with van der Waals surface area (Å²) in [4.78, 5) is 4.62. The molecule has 1 aliphatic carbocycles. The van der Waals surface area contributed by atoms with E-state index in [0.29, 0.717) is 5.11 Å². The molecule has 1 aliphatic rings. The van der Waals surface area contributed by atoms with Crippen molar-refractivity contribution in [1.82, 2.24) is 9.36 Å². The maximum atomic E-state index is 13.0. The second kappa shape index (κ2) is 6.75. The molecular formula is C19H25FN4S. The molecule has 0 bridgehead atoms. The Morgan fingerprint density at radius 2 is 1.92 bits per heavy atom. The number of anilines is 1. The highest BCUT2D eigenvalue weighted by Crippen LogP contribution is 2.30. The molecule has 0 spiro atoms. The van der Waals surface area contributed by atoms with E-state index in [1.807, 2.05) is 0 Å². The molecule has 0 saturated heterocycles. The molecule has 1 saturated carbocycles. The van der Waals surface area contributed by atoms with Crippen molar-refractivity contribution in [3.8, 4) is 0 Å². The molecule has 4 nitrogen and oxygen atoms in total. The minimum absolute atomic E-state index is 0.0276. The molecule has 6 heteroatoms. The second-order valence-electron chi connectivity index (χ2n) is 7.74. The molecule has 25 heavy (non-hydrogen) atoms. The van der Waals surface area contributed by atoms with E-state index in [4.69, 9.17) is 12.2 Å². The summed E-state index contributed by atoms with van der Waals surface area (Å²) in [5, 5.41) is 3.43. The third-order valence-corrected chi connectivity index (χ3v) is 4.64. The lowest BCUT2D eigenvalue weighted by Gasteiger charge is -2.20. The van der Waals surface area contributed by atoms with Crippen LogP contribution in [-0.4, -0.2) is 14.5 Å². The van der Waals surface area contributed by atoms with Gasteiger partial charge in [0.1, 0.15) is 5.82 Å². The van der Waals surface area contributed by atoms with Crippen molar-refractivity contribution in [2.75, 3.05) is 5.32 Å². The Bertz CT molecular complexity index is 836. The van der Waals surface area contributed by atoms with Crippen LogP contribution in [0.1, 0.15) is 39.3 Å². The van der Waals surface area contributed by atoms with Gasteiger partial charge in [-0.2, -0.15) is 0 Å². The average Bonchev–Trinajstić information content (AvgIpc) is 3.28. The highest BCUT2D eigenvalue weighted by molar-refractivity contribution is 7.80. The van der Waals surface area contributed by atoms with Gasteiger partial charge in [0, 0.05) is 36.5 Å². The summed E-state index contributed by atoms with van der Waals surface area (Å²) >= 11 is 5.39. The Kier molecular flexibility index (Phi) is 4.82. The maximum absolute atomic E-state index is 13.0. The highest BCUT2D eigenvalue weighted by Gasteiger charge is 2.26. The van der Waals surface area contributed by atoms with Crippen molar-refractivity contribution in [1.29, 1.82) is 0 Å². The van der Waals surface area contributed by atoms with Crippen LogP contribution < -0.4 is 10.8 Å². The van der Waals surface area contributed by atoms with Crippen molar-refractivity contribution in [3.05, 3.63) is 47.3 Å². The Labute approximate surface area is 153 Å². The molecule has 0 unspecified atom stereocenters. The van der Waals surface area contributed by atoms with Gasteiger partial charge in [-0.15, -0.1) is 0 Å². The van der Waals surface area contributed by atoms with E-state index >= 15 is 0 Å². The predicted octanol–water partition coefficient (Wildman–Crippen LogP) is 3.97. The van der Waals surface area contributed by atoms with Crippen molar-refractivity contribution >= 4 is 23.0 Å². The van der Waals surface area contributed by atoms with E-state index in [-0.39, 0.29) is 11.2 Å². The first-order chi connectivity index (χ1) is 11.7. The SMILES string of the molecule is Cn1c(C(C)(C)C)cc(=NC(=S)Nc2ccc(F)cc2)n1CC1CC1. The minimum Gasteiger partial charge on any atom is -0.331 e. The van der Waals surface area contributed by atoms with Crippen molar-refractivity contribution in [2.24, 2.45) is 18.0 Å². The molecule has 1 aromatic heterocycles. The summed E-state index contributed by atoms with van der Waals surface area (Å²) in [6.07, 6.45) is 2.56. The van der Waals surface area contributed by atoms with Crippen LogP contribution in [-0.2, 0) is 19.0 Å². The van der Waals surface area contributed by atoms with Gasteiger partial charge in [0.15, 0.2) is 10.6 Å². The van der Waals surface area contributed by atoms with Crippen molar-refractivity contribution < 1.29 is 4.39 Å². The molecule has 0 aliphatic heterocycles. The van der Waals surface area contributed by atoms with Crippen LogP contribution in [0.4, 0.5) is 10.1 Å². The van der Waals surface area contributed by atoms with Crippen LogP contribution in [0.25, 0.3) is 0 Å². The fourth-order valence-corrected chi connectivity index (χ4v) is 3.13. The summed E-state index contributed by atoms with van der Waals surface area (Å²) < 4.78 is 17.4. The number of rotatable bonds is 3. The van der Waals surface area contributed by atoms with E-state index in [2.05, 4.69) is 53.6 Å². The number of hydrogen-bond donors (Lipinski definition) is 1. The fraction of sp³-hybridized carbons (Fsp3) is 0.474. The summed E-state index contributed by atoms with van der Waals surface area (Å²) in [6.45, 7) is 7.55. The molecular weight excluding hydrogens is 335 g/mol. The van der Waals surface area contributed by atoms with Crippen molar-refractivity contribution in [2.45, 2.75) is 45.6 Å². The van der Waals surface area contributed by atoms with E-state index < -0.39 is 0 Å². The number of benzene rings is 1. The number of hydrogen-bond acceptors (Lipinski definition) is 1. The monoisotopic (exact) mass is 360 g/mol. The predicted molar refractivity (Wildman–Crippen MR) is 103 cm³/mol. The Hall–Kier alpha value is -1.95. The van der Waals surface area contributed by atoms with Gasteiger partial charge in [-0.25, -0.2) is 9.38 Å². The van der Waals surface area contributed by atoms with E-state index in [1.165, 1.54) is 30.7 Å². The van der Waals surface area contributed by atoms with Crippen LogP contribution in [0.15, 0.2) is 35.3 Å². The third kappa shape index (κ3) is 4.37. The molecule has 0 atom stereocenters. The summed E-state index contributed by atoms with van der Waals surface area (Å²) in [5.74, 6) is 0.465. The number of nitrogens with one attached hydrogen (secondary N) is 1. The molecule has 134 valence electrons. The lowest BCUT2D eigenvalue weighted by molar-refractivity contribution is 0.422. The van der Waals surface area contributed by atoms with Gasteiger partial charge in [-0.05, 0) is 55.2 Å². The molecule has 2 aromatic rings. The number of nitrogens with zero attached hydrogens (tertiary/aromatic N) is 3. The summed E-state index contributed by atoms with van der Waals surface area (Å²) in [7, 11) is 2.08. The van der Waals surface area contributed by atoms with Gasteiger partial charge in [0.2, 0.25) is 0 Å². The summed E-state index contributed by atoms with van der Waals surface area (Å²) in [5.41, 5.74) is 2.84. The quantitative estimate of drug-likeness (QED) is 0.841. The molecule has 1 aromatic carbocycles. The third-order valence-electron chi connectivity index (χ3n) is 4.45.